The van der Waals surface area contributed by atoms with Gasteiger partial charge in [0.05, 0.1) is 25.4 Å². The average Bonchev–Trinajstić information content (AvgIpc) is 3.05. The van der Waals surface area contributed by atoms with Gasteiger partial charge < -0.3 is 14.6 Å². The summed E-state index contributed by atoms with van der Waals surface area (Å²) in [7, 11) is 0. The molecule has 2 aromatic carbocycles. The van der Waals surface area contributed by atoms with Crippen LogP contribution in [0.3, 0.4) is 0 Å². The van der Waals surface area contributed by atoms with E-state index in [0.29, 0.717) is 19.8 Å². The van der Waals surface area contributed by atoms with E-state index in [2.05, 4.69) is 17.0 Å². The molecule has 0 bridgehead atoms. The minimum absolute atomic E-state index is 0.00245. The molecule has 1 unspecified atom stereocenters. The minimum Gasteiger partial charge on any atom is -0.494 e. The van der Waals surface area contributed by atoms with Crippen LogP contribution in [0.5, 0.6) is 11.5 Å². The first-order valence-corrected chi connectivity index (χ1v) is 9.10. The Kier molecular flexibility index (Phi) is 5.95. The van der Waals surface area contributed by atoms with E-state index in [-0.39, 0.29) is 12.1 Å². The molecule has 0 amide bonds. The molecule has 134 valence electrons. The number of hydrogen-bond donors (Lipinski definition) is 1. The van der Waals surface area contributed by atoms with Crippen LogP contribution in [0.15, 0.2) is 48.5 Å². The molecule has 0 aliphatic carbocycles. The summed E-state index contributed by atoms with van der Waals surface area (Å²) >= 11 is 0. The molecule has 0 spiro atoms. The maximum atomic E-state index is 10.1. The fourth-order valence-corrected chi connectivity index (χ4v) is 3.55. The van der Waals surface area contributed by atoms with E-state index >= 15 is 0 Å². The van der Waals surface area contributed by atoms with Gasteiger partial charge in [-0.25, -0.2) is 0 Å². The highest BCUT2D eigenvalue weighted by molar-refractivity contribution is 5.47. The van der Waals surface area contributed by atoms with Gasteiger partial charge in [-0.15, -0.1) is 0 Å². The predicted octanol–water partition coefficient (Wildman–Crippen LogP) is 3.64. The number of para-hydroxylation sites is 2. The number of aliphatic hydroxyl groups excluding tert-OH is 1. The summed E-state index contributed by atoms with van der Waals surface area (Å²) in [6.07, 6.45) is 0.519. The second-order valence-corrected chi connectivity index (χ2v) is 6.28. The topological polar surface area (TPSA) is 41.9 Å². The monoisotopic (exact) mass is 341 g/mol. The van der Waals surface area contributed by atoms with E-state index in [1.54, 1.807) is 0 Å². The summed E-state index contributed by atoms with van der Waals surface area (Å²) in [6, 6.07) is 16.3. The molecule has 4 heteroatoms. The van der Waals surface area contributed by atoms with E-state index < -0.39 is 0 Å². The van der Waals surface area contributed by atoms with Gasteiger partial charge in [-0.3, -0.25) is 4.90 Å². The number of β-amino-alcohol motifs (C(OH)–C–C–N with tert-alkyl or cyclic N) is 1. The van der Waals surface area contributed by atoms with Gasteiger partial charge in [0.1, 0.15) is 11.5 Å². The highest BCUT2D eigenvalue weighted by Crippen LogP contribution is 2.40. The SMILES string of the molecule is CCOc1ccccc1C(c1ccccc1OCC)N1CCC(O)C1. The molecule has 0 radical (unpaired) electrons. The van der Waals surface area contributed by atoms with Gasteiger partial charge >= 0.3 is 0 Å². The van der Waals surface area contributed by atoms with E-state index in [0.717, 1.165) is 35.6 Å². The van der Waals surface area contributed by atoms with Crippen molar-refractivity contribution in [1.29, 1.82) is 0 Å². The Morgan fingerprint density at radius 1 is 0.960 bits per heavy atom. The van der Waals surface area contributed by atoms with Crippen LogP contribution in [0.25, 0.3) is 0 Å². The van der Waals surface area contributed by atoms with Gasteiger partial charge in [0.15, 0.2) is 0 Å². The first-order valence-electron chi connectivity index (χ1n) is 9.10. The number of likely N-dealkylation sites (tertiary alicyclic amines) is 1. The first-order chi connectivity index (χ1) is 12.2. The predicted molar refractivity (Wildman–Crippen MR) is 99.3 cm³/mol. The third-order valence-electron chi connectivity index (χ3n) is 4.59. The summed E-state index contributed by atoms with van der Waals surface area (Å²) in [5.74, 6) is 1.78. The van der Waals surface area contributed by atoms with Crippen LogP contribution in [0.4, 0.5) is 0 Å². The quantitative estimate of drug-likeness (QED) is 0.835. The van der Waals surface area contributed by atoms with Crippen molar-refractivity contribution in [3.05, 3.63) is 59.7 Å². The van der Waals surface area contributed by atoms with E-state index in [4.69, 9.17) is 9.47 Å². The summed E-state index contributed by atoms with van der Waals surface area (Å²) in [6.45, 7) is 6.76. The molecule has 1 atom stereocenters. The molecular formula is C21H27NO3. The van der Waals surface area contributed by atoms with Gasteiger partial charge in [0.25, 0.3) is 0 Å². The fourth-order valence-electron chi connectivity index (χ4n) is 3.55. The lowest BCUT2D eigenvalue weighted by atomic mass is 9.95. The van der Waals surface area contributed by atoms with Crippen molar-refractivity contribution < 1.29 is 14.6 Å². The van der Waals surface area contributed by atoms with Crippen molar-refractivity contribution in [2.24, 2.45) is 0 Å². The largest absolute Gasteiger partial charge is 0.494 e. The second-order valence-electron chi connectivity index (χ2n) is 6.28. The van der Waals surface area contributed by atoms with Crippen molar-refractivity contribution in [1.82, 2.24) is 4.90 Å². The van der Waals surface area contributed by atoms with E-state index in [1.165, 1.54) is 0 Å². The van der Waals surface area contributed by atoms with Gasteiger partial charge in [-0.1, -0.05) is 36.4 Å². The van der Waals surface area contributed by atoms with Crippen LogP contribution >= 0.6 is 0 Å². The summed E-state index contributed by atoms with van der Waals surface area (Å²) < 4.78 is 11.8. The second kappa shape index (κ2) is 8.37. The Labute approximate surface area is 150 Å². The van der Waals surface area contributed by atoms with Crippen LogP contribution < -0.4 is 9.47 Å². The molecule has 25 heavy (non-hydrogen) atoms. The molecule has 1 heterocycles. The summed E-state index contributed by atoms with van der Waals surface area (Å²) in [4.78, 5) is 2.32. The molecule has 4 nitrogen and oxygen atoms in total. The third kappa shape index (κ3) is 3.97. The molecule has 3 rings (SSSR count). The van der Waals surface area contributed by atoms with Gasteiger partial charge in [0.2, 0.25) is 0 Å². The molecule has 1 N–H and O–H groups in total. The normalized spacial score (nSPS) is 17.8. The van der Waals surface area contributed by atoms with E-state index in [1.807, 2.05) is 50.2 Å². The number of aliphatic hydroxyl groups is 1. The molecule has 0 aromatic heterocycles. The van der Waals surface area contributed by atoms with E-state index in [9.17, 15) is 5.11 Å². The Morgan fingerprint density at radius 3 is 1.92 bits per heavy atom. The van der Waals surface area contributed by atoms with Gasteiger partial charge in [0, 0.05) is 24.2 Å². The highest BCUT2D eigenvalue weighted by atomic mass is 16.5. The Bertz CT molecular complexity index is 639. The number of nitrogens with zero attached hydrogens (tertiary/aromatic N) is 1. The maximum absolute atomic E-state index is 10.1. The van der Waals surface area contributed by atoms with Crippen LogP contribution in [0.1, 0.15) is 37.4 Å². The van der Waals surface area contributed by atoms with Crippen LogP contribution in [-0.4, -0.2) is 42.4 Å². The summed E-state index contributed by atoms with van der Waals surface area (Å²) in [5, 5.41) is 10.1. The molecule has 0 saturated carbocycles. The molecule has 1 fully saturated rings. The van der Waals surface area contributed by atoms with Crippen molar-refractivity contribution in [2.45, 2.75) is 32.4 Å². The third-order valence-corrected chi connectivity index (χ3v) is 4.59. The van der Waals surface area contributed by atoms with Crippen molar-refractivity contribution >= 4 is 0 Å². The Balaban J connectivity index is 2.08. The molecule has 1 saturated heterocycles. The summed E-state index contributed by atoms with van der Waals surface area (Å²) in [5.41, 5.74) is 2.23. The zero-order valence-corrected chi connectivity index (χ0v) is 15.0. The maximum Gasteiger partial charge on any atom is 0.124 e. The zero-order valence-electron chi connectivity index (χ0n) is 15.0. The highest BCUT2D eigenvalue weighted by Gasteiger charge is 2.32. The lowest BCUT2D eigenvalue weighted by Gasteiger charge is -2.31. The van der Waals surface area contributed by atoms with Crippen molar-refractivity contribution in [3.8, 4) is 11.5 Å². The molecule has 2 aromatic rings. The fraction of sp³-hybridized carbons (Fsp3) is 0.429. The Hall–Kier alpha value is -2.04. The molecular weight excluding hydrogens is 314 g/mol. The van der Waals surface area contributed by atoms with Crippen molar-refractivity contribution in [2.75, 3.05) is 26.3 Å². The van der Waals surface area contributed by atoms with Crippen molar-refractivity contribution in [3.63, 3.8) is 0 Å². The number of hydrogen-bond acceptors (Lipinski definition) is 4. The number of benzene rings is 2. The lowest BCUT2D eigenvalue weighted by molar-refractivity contribution is 0.165. The first kappa shape index (κ1) is 17.8. The van der Waals surface area contributed by atoms with Gasteiger partial charge in [-0.05, 0) is 32.4 Å². The van der Waals surface area contributed by atoms with Crippen LogP contribution in [0.2, 0.25) is 0 Å². The Morgan fingerprint density at radius 2 is 1.48 bits per heavy atom. The average molecular weight is 341 g/mol. The number of ether oxygens (including phenoxy) is 2. The lowest BCUT2D eigenvalue weighted by Crippen LogP contribution is -2.29. The van der Waals surface area contributed by atoms with Crippen LogP contribution in [0, 0.1) is 0 Å². The molecule has 1 aliphatic heterocycles. The van der Waals surface area contributed by atoms with Crippen LogP contribution in [-0.2, 0) is 0 Å². The minimum atomic E-state index is -0.277. The zero-order chi connectivity index (χ0) is 17.6. The number of rotatable bonds is 7. The van der Waals surface area contributed by atoms with Gasteiger partial charge in [-0.2, -0.15) is 0 Å². The smallest absolute Gasteiger partial charge is 0.124 e. The molecule has 1 aliphatic rings. The standard InChI is InChI=1S/C21H27NO3/c1-3-24-19-11-7-5-9-17(19)21(22-14-13-16(23)15-22)18-10-6-8-12-20(18)25-4-2/h5-12,16,21,23H,3-4,13-15H2,1-2H3.